The number of pyridine rings is 2. The van der Waals surface area contributed by atoms with Crippen LogP contribution >= 0.6 is 0 Å². The zero-order valence-electron chi connectivity index (χ0n) is 20.3. The summed E-state index contributed by atoms with van der Waals surface area (Å²) in [5, 5.41) is 14.7. The number of hydrogen-bond acceptors (Lipinski definition) is 9. The molecule has 10 nitrogen and oxygen atoms in total. The quantitative estimate of drug-likeness (QED) is 0.365. The van der Waals surface area contributed by atoms with Crippen LogP contribution in [0.1, 0.15) is 18.5 Å². The molecular formula is C27H23FN10. The minimum absolute atomic E-state index is 0.171. The van der Waals surface area contributed by atoms with Gasteiger partial charge in [-0.15, -0.1) is 0 Å². The standard InChI is InChI=1S/C27H23FN10/c28-18-4-1-3-17(13-18)22-6-7-23-27(35-22)38(26(36-23)21-5-2-10-31-25(21)30)37-11-8-19(9-12-37)34-24-14-20(15-29)32-16-33-24/h1-7,10,13-14,16,19H,8-9,11-12H2,(H2,30,31)(H,32,33,34). The second kappa shape index (κ2) is 9.74. The average molecular weight is 507 g/mol. The number of fused-ring (bicyclic) bond motifs is 1. The summed E-state index contributed by atoms with van der Waals surface area (Å²) in [7, 11) is 0. The molecule has 1 aromatic carbocycles. The number of nitrogens with zero attached hydrogens (tertiary/aromatic N) is 8. The third kappa shape index (κ3) is 4.43. The van der Waals surface area contributed by atoms with Gasteiger partial charge in [0.1, 0.15) is 41.1 Å². The van der Waals surface area contributed by atoms with Gasteiger partial charge < -0.3 is 16.1 Å². The number of anilines is 2. The van der Waals surface area contributed by atoms with E-state index in [0.29, 0.717) is 64.2 Å². The van der Waals surface area contributed by atoms with E-state index < -0.39 is 0 Å². The van der Waals surface area contributed by atoms with E-state index >= 15 is 0 Å². The molecule has 1 aliphatic rings. The van der Waals surface area contributed by atoms with Gasteiger partial charge in [0.05, 0.1) is 11.3 Å². The van der Waals surface area contributed by atoms with Crippen molar-refractivity contribution in [1.29, 1.82) is 5.26 Å². The van der Waals surface area contributed by atoms with Gasteiger partial charge in [0.25, 0.3) is 0 Å². The van der Waals surface area contributed by atoms with E-state index in [9.17, 15) is 4.39 Å². The van der Waals surface area contributed by atoms with Crippen LogP contribution in [-0.2, 0) is 0 Å². The molecule has 0 aliphatic carbocycles. The van der Waals surface area contributed by atoms with Crippen molar-refractivity contribution in [3.05, 3.63) is 78.6 Å². The van der Waals surface area contributed by atoms with Crippen molar-refractivity contribution in [2.75, 3.05) is 29.1 Å². The zero-order valence-corrected chi connectivity index (χ0v) is 20.3. The van der Waals surface area contributed by atoms with E-state index in [1.807, 2.05) is 41.1 Å². The molecule has 0 atom stereocenters. The Balaban J connectivity index is 1.36. The van der Waals surface area contributed by atoms with Gasteiger partial charge in [-0.25, -0.2) is 34.0 Å². The Morgan fingerprint density at radius 3 is 2.66 bits per heavy atom. The molecule has 0 unspecified atom stereocenters. The largest absolute Gasteiger partial charge is 0.383 e. The highest BCUT2D eigenvalue weighted by Gasteiger charge is 2.26. The SMILES string of the molecule is N#Cc1cc(NC2CCN(n3c(-c4cccnc4N)nc4ccc(-c5cccc(F)c5)nc43)CC2)ncn1. The van der Waals surface area contributed by atoms with Gasteiger partial charge in [-0.2, -0.15) is 5.26 Å². The van der Waals surface area contributed by atoms with Crippen LogP contribution in [0.3, 0.4) is 0 Å². The molecule has 11 heteroatoms. The molecule has 0 saturated carbocycles. The summed E-state index contributed by atoms with van der Waals surface area (Å²) in [6, 6.07) is 17.7. The fourth-order valence-electron chi connectivity index (χ4n) is 4.72. The summed E-state index contributed by atoms with van der Waals surface area (Å²) in [5.74, 6) is 1.34. The van der Waals surface area contributed by atoms with Gasteiger partial charge in [-0.3, -0.25) is 0 Å². The fraction of sp³-hybridized carbons (Fsp3) is 0.185. The number of nitrogens with two attached hydrogens (primary N) is 1. The maximum absolute atomic E-state index is 13.9. The smallest absolute Gasteiger partial charge is 0.180 e. The first-order valence-electron chi connectivity index (χ1n) is 12.2. The van der Waals surface area contributed by atoms with Crippen LogP contribution in [0.15, 0.2) is 67.1 Å². The molecule has 0 bridgehead atoms. The van der Waals surface area contributed by atoms with Crippen LogP contribution in [0.25, 0.3) is 33.8 Å². The van der Waals surface area contributed by atoms with Crippen molar-refractivity contribution >= 4 is 22.8 Å². The Morgan fingerprint density at radius 1 is 1.00 bits per heavy atom. The number of hydrogen-bond donors (Lipinski definition) is 2. The molecule has 0 spiro atoms. The first-order chi connectivity index (χ1) is 18.6. The number of piperidine rings is 1. The van der Waals surface area contributed by atoms with Crippen LogP contribution in [0.5, 0.6) is 0 Å². The molecule has 1 aliphatic heterocycles. The molecule has 1 saturated heterocycles. The van der Waals surface area contributed by atoms with Crippen molar-refractivity contribution in [2.45, 2.75) is 18.9 Å². The van der Waals surface area contributed by atoms with Crippen LogP contribution in [-0.4, -0.2) is 48.7 Å². The normalized spacial score (nSPS) is 13.9. The lowest BCUT2D eigenvalue weighted by molar-refractivity contribution is 0.455. The summed E-state index contributed by atoms with van der Waals surface area (Å²) in [4.78, 5) is 22.2. The van der Waals surface area contributed by atoms with Crippen LogP contribution in [0.2, 0.25) is 0 Å². The van der Waals surface area contributed by atoms with E-state index in [1.165, 1.54) is 18.5 Å². The lowest BCUT2D eigenvalue weighted by Crippen LogP contribution is -2.45. The highest BCUT2D eigenvalue weighted by atomic mass is 19.1. The number of benzene rings is 1. The van der Waals surface area contributed by atoms with Gasteiger partial charge >= 0.3 is 0 Å². The second-order valence-electron chi connectivity index (χ2n) is 9.01. The van der Waals surface area contributed by atoms with Gasteiger partial charge in [0, 0.05) is 37.0 Å². The van der Waals surface area contributed by atoms with Crippen LogP contribution in [0.4, 0.5) is 16.0 Å². The molecule has 1 fully saturated rings. The monoisotopic (exact) mass is 506 g/mol. The Labute approximate surface area is 217 Å². The molecule has 0 radical (unpaired) electrons. The maximum Gasteiger partial charge on any atom is 0.180 e. The Morgan fingerprint density at radius 2 is 1.87 bits per heavy atom. The van der Waals surface area contributed by atoms with Crippen molar-refractivity contribution in [1.82, 2.24) is 29.6 Å². The maximum atomic E-state index is 13.9. The van der Waals surface area contributed by atoms with E-state index in [2.05, 4.69) is 25.3 Å². The predicted molar refractivity (Wildman–Crippen MR) is 142 cm³/mol. The molecule has 0 amide bonds. The number of nitriles is 1. The number of nitrogens with one attached hydrogen (secondary N) is 1. The lowest BCUT2D eigenvalue weighted by atomic mass is 10.1. The molecule has 6 rings (SSSR count). The number of nitrogen functional groups attached to an aromatic ring is 1. The predicted octanol–water partition coefficient (Wildman–Crippen LogP) is 3.76. The third-order valence-electron chi connectivity index (χ3n) is 6.57. The van der Waals surface area contributed by atoms with Crippen molar-refractivity contribution in [2.24, 2.45) is 0 Å². The van der Waals surface area contributed by atoms with E-state index in [0.717, 1.165) is 12.8 Å². The third-order valence-corrected chi connectivity index (χ3v) is 6.57. The summed E-state index contributed by atoms with van der Waals surface area (Å²) in [6.07, 6.45) is 4.67. The Kier molecular flexibility index (Phi) is 5.97. The summed E-state index contributed by atoms with van der Waals surface area (Å²) >= 11 is 0. The first-order valence-corrected chi connectivity index (χ1v) is 12.2. The zero-order chi connectivity index (χ0) is 26.1. The Bertz CT molecular complexity index is 1670. The minimum atomic E-state index is -0.318. The summed E-state index contributed by atoms with van der Waals surface area (Å²) in [6.45, 7) is 1.41. The van der Waals surface area contributed by atoms with Gasteiger partial charge in [0.15, 0.2) is 11.5 Å². The average Bonchev–Trinajstić information content (AvgIpc) is 3.32. The van der Waals surface area contributed by atoms with Crippen LogP contribution < -0.4 is 16.1 Å². The molecule has 4 aromatic heterocycles. The number of halogens is 1. The molecule has 188 valence electrons. The van der Waals surface area contributed by atoms with Gasteiger partial charge in [-0.05, 0) is 49.2 Å². The molecule has 38 heavy (non-hydrogen) atoms. The highest BCUT2D eigenvalue weighted by molar-refractivity contribution is 5.82. The van der Waals surface area contributed by atoms with Crippen LogP contribution in [0, 0.1) is 17.1 Å². The van der Waals surface area contributed by atoms with Crippen molar-refractivity contribution in [3.8, 4) is 28.7 Å². The molecular weight excluding hydrogens is 483 g/mol. The van der Waals surface area contributed by atoms with E-state index in [4.69, 9.17) is 21.0 Å². The summed E-state index contributed by atoms with van der Waals surface area (Å²) < 4.78 is 15.9. The topological polar surface area (TPSA) is 134 Å². The van der Waals surface area contributed by atoms with Gasteiger partial charge in [-0.1, -0.05) is 12.1 Å². The summed E-state index contributed by atoms with van der Waals surface area (Å²) in [5.41, 5.74) is 9.98. The number of imidazole rings is 1. The molecule has 5 aromatic rings. The molecule has 5 heterocycles. The second-order valence-corrected chi connectivity index (χ2v) is 9.01. The van der Waals surface area contributed by atoms with Crippen molar-refractivity contribution < 1.29 is 4.39 Å². The van der Waals surface area contributed by atoms with E-state index in [-0.39, 0.29) is 11.9 Å². The Hall–Kier alpha value is -5.11. The number of aromatic nitrogens is 6. The molecule has 3 N–H and O–H groups in total. The first kappa shape index (κ1) is 23.3. The van der Waals surface area contributed by atoms with E-state index in [1.54, 1.807) is 18.3 Å². The highest BCUT2D eigenvalue weighted by Crippen LogP contribution is 2.30. The van der Waals surface area contributed by atoms with Crippen molar-refractivity contribution in [3.63, 3.8) is 0 Å². The lowest BCUT2D eigenvalue weighted by Gasteiger charge is -2.35. The van der Waals surface area contributed by atoms with Gasteiger partial charge in [0.2, 0.25) is 0 Å². The minimum Gasteiger partial charge on any atom is -0.383 e. The number of rotatable bonds is 5. The fourth-order valence-corrected chi connectivity index (χ4v) is 4.72.